The number of hydrogen-bond acceptors (Lipinski definition) is 3. The largest absolute Gasteiger partial charge is 0.390 e. The van der Waals surface area contributed by atoms with Gasteiger partial charge in [0.2, 0.25) is 0 Å². The van der Waals surface area contributed by atoms with Crippen LogP contribution in [-0.4, -0.2) is 59.1 Å². The maximum Gasteiger partial charge on any atom is 0.254 e. The monoisotopic (exact) mass is 368 g/mol. The smallest absolute Gasteiger partial charge is 0.254 e. The number of carbonyl (C=O) groups excluding carboxylic acids is 1. The molecule has 0 unspecified atom stereocenters. The van der Waals surface area contributed by atoms with Gasteiger partial charge in [0, 0.05) is 18.7 Å². The lowest BCUT2D eigenvalue weighted by Gasteiger charge is -2.33. The lowest BCUT2D eigenvalue weighted by molar-refractivity contribution is 0.0702. The van der Waals surface area contributed by atoms with E-state index in [0.29, 0.717) is 18.7 Å². The number of β-amino-alcohol motifs (C(OH)–C–C–N with tert-alkyl or cyclic N) is 1. The van der Waals surface area contributed by atoms with Gasteiger partial charge in [0.15, 0.2) is 0 Å². The van der Waals surface area contributed by atoms with Crippen molar-refractivity contribution >= 4 is 5.91 Å². The summed E-state index contributed by atoms with van der Waals surface area (Å²) in [6.45, 7) is 2.92. The third kappa shape index (κ3) is 3.89. The minimum Gasteiger partial charge on any atom is -0.390 e. The Morgan fingerprint density at radius 1 is 0.963 bits per heavy atom. The summed E-state index contributed by atoms with van der Waals surface area (Å²) in [5.74, 6) is -0.372. The second-order valence-corrected chi connectivity index (χ2v) is 7.53. The molecule has 0 aromatic heterocycles. The average Bonchev–Trinajstić information content (AvgIpc) is 3.10. The Kier molecular flexibility index (Phi) is 5.23. The first-order valence-corrected chi connectivity index (χ1v) is 9.69. The summed E-state index contributed by atoms with van der Waals surface area (Å²) in [5, 5.41) is 10.5. The molecule has 0 saturated carbocycles. The summed E-state index contributed by atoms with van der Waals surface area (Å²) >= 11 is 0. The van der Waals surface area contributed by atoms with Crippen LogP contribution in [0, 0.1) is 5.82 Å². The number of aliphatic hydroxyl groups is 1. The molecule has 2 saturated heterocycles. The molecule has 2 atom stereocenters. The minimum atomic E-state index is -0.501. The van der Waals surface area contributed by atoms with E-state index in [9.17, 15) is 14.3 Å². The van der Waals surface area contributed by atoms with E-state index < -0.39 is 6.10 Å². The summed E-state index contributed by atoms with van der Waals surface area (Å²) in [6, 6.07) is 13.7. The van der Waals surface area contributed by atoms with Gasteiger partial charge in [-0.15, -0.1) is 0 Å². The molecule has 142 valence electrons. The van der Waals surface area contributed by atoms with Crippen LogP contribution < -0.4 is 0 Å². The summed E-state index contributed by atoms with van der Waals surface area (Å²) in [4.78, 5) is 17.1. The molecular formula is C22H25FN2O2. The Morgan fingerprint density at radius 2 is 1.67 bits per heavy atom. The average molecular weight is 368 g/mol. The number of benzene rings is 2. The molecule has 4 nitrogen and oxygen atoms in total. The first kappa shape index (κ1) is 18.1. The number of hydrogen-bond donors (Lipinski definition) is 1. The van der Waals surface area contributed by atoms with Crippen molar-refractivity contribution in [3.63, 3.8) is 0 Å². The van der Waals surface area contributed by atoms with Crippen LogP contribution in [0.4, 0.5) is 4.39 Å². The van der Waals surface area contributed by atoms with Crippen LogP contribution in [0.25, 0.3) is 11.1 Å². The first-order valence-electron chi connectivity index (χ1n) is 9.69. The van der Waals surface area contributed by atoms with Gasteiger partial charge in [-0.25, -0.2) is 4.39 Å². The standard InChI is InChI=1S/C22H25FN2O2/c23-19-9-5-7-17(13-19)16-6-4-8-18(12-16)22(27)25-14-20(21(26)15-25)24-10-2-1-3-11-24/h4-9,12-13,20-21,26H,1-3,10-11,14-15H2/t20-,21-/m0/s1. The predicted octanol–water partition coefficient (Wildman–Crippen LogP) is 3.16. The van der Waals surface area contributed by atoms with Gasteiger partial charge in [0.05, 0.1) is 12.1 Å². The Bertz CT molecular complexity index is 819. The molecule has 27 heavy (non-hydrogen) atoms. The van der Waals surface area contributed by atoms with Crippen LogP contribution >= 0.6 is 0 Å². The SMILES string of the molecule is O=C(c1cccc(-c2cccc(F)c2)c1)N1C[C@H](O)[C@@H](N2CCCCC2)C1. The molecule has 1 amide bonds. The molecule has 2 aliphatic rings. The zero-order valence-electron chi connectivity index (χ0n) is 15.4. The third-order valence-corrected chi connectivity index (χ3v) is 5.67. The zero-order valence-corrected chi connectivity index (χ0v) is 15.4. The summed E-state index contributed by atoms with van der Waals surface area (Å²) in [5.41, 5.74) is 2.13. The number of piperidine rings is 1. The van der Waals surface area contributed by atoms with Crippen LogP contribution in [0.2, 0.25) is 0 Å². The lowest BCUT2D eigenvalue weighted by atomic mass is 10.0. The molecule has 0 aliphatic carbocycles. The van der Waals surface area contributed by atoms with Gasteiger partial charge in [-0.2, -0.15) is 0 Å². The number of likely N-dealkylation sites (tertiary alicyclic amines) is 2. The van der Waals surface area contributed by atoms with Gasteiger partial charge in [-0.05, 0) is 61.3 Å². The molecule has 2 heterocycles. The molecule has 0 bridgehead atoms. The van der Waals surface area contributed by atoms with Crippen molar-refractivity contribution < 1.29 is 14.3 Å². The molecule has 0 spiro atoms. The van der Waals surface area contributed by atoms with Gasteiger partial charge in [-0.3, -0.25) is 9.69 Å². The van der Waals surface area contributed by atoms with Crippen molar-refractivity contribution in [2.24, 2.45) is 0 Å². The second-order valence-electron chi connectivity index (χ2n) is 7.53. The maximum atomic E-state index is 13.5. The number of aliphatic hydroxyl groups excluding tert-OH is 1. The Balaban J connectivity index is 1.50. The van der Waals surface area contributed by atoms with Crippen molar-refractivity contribution in [2.45, 2.75) is 31.4 Å². The Morgan fingerprint density at radius 3 is 2.41 bits per heavy atom. The van der Waals surface area contributed by atoms with E-state index in [1.54, 1.807) is 23.1 Å². The molecule has 0 radical (unpaired) electrons. The summed E-state index contributed by atoms with van der Waals surface area (Å²) < 4.78 is 13.5. The maximum absolute atomic E-state index is 13.5. The zero-order chi connectivity index (χ0) is 18.8. The fraction of sp³-hybridized carbons (Fsp3) is 0.409. The Labute approximate surface area is 159 Å². The fourth-order valence-corrected chi connectivity index (χ4v) is 4.23. The second kappa shape index (κ2) is 7.79. The summed E-state index contributed by atoms with van der Waals surface area (Å²) in [6.07, 6.45) is 3.06. The molecular weight excluding hydrogens is 343 g/mol. The van der Waals surface area contributed by atoms with E-state index in [1.807, 2.05) is 18.2 Å². The van der Waals surface area contributed by atoms with E-state index in [0.717, 1.165) is 37.1 Å². The van der Waals surface area contributed by atoms with E-state index in [4.69, 9.17) is 0 Å². The van der Waals surface area contributed by atoms with Gasteiger partial charge in [-0.1, -0.05) is 30.7 Å². The Hall–Kier alpha value is -2.24. The highest BCUT2D eigenvalue weighted by atomic mass is 19.1. The number of nitrogens with zero attached hydrogens (tertiary/aromatic N) is 2. The van der Waals surface area contributed by atoms with Crippen molar-refractivity contribution in [3.8, 4) is 11.1 Å². The van der Waals surface area contributed by atoms with Gasteiger partial charge in [0.25, 0.3) is 5.91 Å². The van der Waals surface area contributed by atoms with Gasteiger partial charge >= 0.3 is 0 Å². The normalized spacial score (nSPS) is 23.6. The molecule has 2 aliphatic heterocycles. The first-order chi connectivity index (χ1) is 13.1. The molecule has 5 heteroatoms. The van der Waals surface area contributed by atoms with Crippen molar-refractivity contribution in [3.05, 3.63) is 59.9 Å². The number of amides is 1. The molecule has 2 fully saturated rings. The predicted molar refractivity (Wildman–Crippen MR) is 103 cm³/mol. The van der Waals surface area contributed by atoms with Gasteiger partial charge in [0.1, 0.15) is 5.82 Å². The van der Waals surface area contributed by atoms with Crippen molar-refractivity contribution in [1.82, 2.24) is 9.80 Å². The highest BCUT2D eigenvalue weighted by molar-refractivity contribution is 5.95. The van der Waals surface area contributed by atoms with Crippen molar-refractivity contribution in [2.75, 3.05) is 26.2 Å². The third-order valence-electron chi connectivity index (χ3n) is 5.67. The van der Waals surface area contributed by atoms with E-state index in [-0.39, 0.29) is 17.8 Å². The van der Waals surface area contributed by atoms with Crippen LogP contribution in [0.5, 0.6) is 0 Å². The molecule has 4 rings (SSSR count). The number of carbonyl (C=O) groups is 1. The lowest BCUT2D eigenvalue weighted by Crippen LogP contribution is -2.46. The summed E-state index contributed by atoms with van der Waals surface area (Å²) in [7, 11) is 0. The van der Waals surface area contributed by atoms with E-state index in [2.05, 4.69) is 4.90 Å². The number of rotatable bonds is 3. The topological polar surface area (TPSA) is 43.8 Å². The molecule has 1 N–H and O–H groups in total. The fourth-order valence-electron chi connectivity index (χ4n) is 4.23. The van der Waals surface area contributed by atoms with Gasteiger partial charge < -0.3 is 10.0 Å². The van der Waals surface area contributed by atoms with Crippen LogP contribution in [0.3, 0.4) is 0 Å². The molecule has 2 aromatic rings. The van der Waals surface area contributed by atoms with Crippen molar-refractivity contribution in [1.29, 1.82) is 0 Å². The van der Waals surface area contributed by atoms with Crippen LogP contribution in [-0.2, 0) is 0 Å². The van der Waals surface area contributed by atoms with Crippen LogP contribution in [0.15, 0.2) is 48.5 Å². The van der Waals surface area contributed by atoms with Crippen LogP contribution in [0.1, 0.15) is 29.6 Å². The quantitative estimate of drug-likeness (QED) is 0.905. The highest BCUT2D eigenvalue weighted by Crippen LogP contribution is 2.25. The highest BCUT2D eigenvalue weighted by Gasteiger charge is 2.38. The minimum absolute atomic E-state index is 0.0284. The van der Waals surface area contributed by atoms with E-state index >= 15 is 0 Å². The molecule has 2 aromatic carbocycles. The van der Waals surface area contributed by atoms with E-state index in [1.165, 1.54) is 18.6 Å². The number of halogens is 1.